The highest BCUT2D eigenvalue weighted by Crippen LogP contribution is 2.35. The third-order valence-corrected chi connectivity index (χ3v) is 4.69. The number of likely N-dealkylation sites (tertiary alicyclic amines) is 1. The summed E-state index contributed by atoms with van der Waals surface area (Å²) in [5.74, 6) is 0.437. The number of carbonyl (C=O) groups is 1. The summed E-state index contributed by atoms with van der Waals surface area (Å²) in [6.45, 7) is 0.707. The Kier molecular flexibility index (Phi) is 4.44. The second-order valence-corrected chi connectivity index (χ2v) is 6.19. The first-order valence-electron chi connectivity index (χ1n) is 7.89. The molecular weight excluding hydrogens is 266 g/mol. The van der Waals surface area contributed by atoms with Gasteiger partial charge in [0, 0.05) is 6.04 Å². The molecule has 0 radical (unpaired) electrons. The average Bonchev–Trinajstić information content (AvgIpc) is 2.52. The van der Waals surface area contributed by atoms with Crippen LogP contribution in [0.1, 0.15) is 37.7 Å². The van der Waals surface area contributed by atoms with Crippen LogP contribution in [-0.4, -0.2) is 34.8 Å². The van der Waals surface area contributed by atoms with E-state index in [2.05, 4.69) is 0 Å². The van der Waals surface area contributed by atoms with Crippen LogP contribution in [0.3, 0.4) is 0 Å². The number of rotatable bonds is 2. The summed E-state index contributed by atoms with van der Waals surface area (Å²) < 4.78 is 5.44. The Morgan fingerprint density at radius 2 is 2.00 bits per heavy atom. The first-order chi connectivity index (χ1) is 10.2. The molecule has 3 atom stereocenters. The van der Waals surface area contributed by atoms with Crippen LogP contribution in [0.15, 0.2) is 30.3 Å². The molecule has 1 heterocycles. The van der Waals surface area contributed by atoms with Gasteiger partial charge in [0.25, 0.3) is 0 Å². The van der Waals surface area contributed by atoms with E-state index in [1.807, 2.05) is 30.3 Å². The number of nitrogens with zero attached hydrogens (tertiary/aromatic N) is 1. The molecule has 1 saturated heterocycles. The predicted molar refractivity (Wildman–Crippen MR) is 79.7 cm³/mol. The molecule has 2 aliphatic rings. The Bertz CT molecular complexity index is 476. The number of amides is 1. The molecule has 0 spiro atoms. The van der Waals surface area contributed by atoms with Gasteiger partial charge >= 0.3 is 6.09 Å². The minimum absolute atomic E-state index is 0.255. The molecule has 3 unspecified atom stereocenters. The predicted octanol–water partition coefficient (Wildman–Crippen LogP) is 2.95. The maximum absolute atomic E-state index is 12.4. The van der Waals surface area contributed by atoms with Crippen molar-refractivity contribution in [3.63, 3.8) is 0 Å². The summed E-state index contributed by atoms with van der Waals surface area (Å²) in [7, 11) is 0. The molecule has 0 aromatic heterocycles. The molecule has 2 fully saturated rings. The first kappa shape index (κ1) is 14.4. The molecule has 1 aromatic rings. The molecule has 1 aromatic carbocycles. The van der Waals surface area contributed by atoms with Gasteiger partial charge in [-0.1, -0.05) is 43.2 Å². The van der Waals surface area contributed by atoms with E-state index < -0.39 is 6.10 Å². The number of ether oxygens (including phenoxy) is 1. The maximum Gasteiger partial charge on any atom is 0.410 e. The number of aliphatic hydroxyl groups is 1. The van der Waals surface area contributed by atoms with Crippen LogP contribution in [0.5, 0.6) is 0 Å². The van der Waals surface area contributed by atoms with Gasteiger partial charge in [-0.25, -0.2) is 4.79 Å². The zero-order valence-electron chi connectivity index (χ0n) is 12.3. The Labute approximate surface area is 125 Å². The lowest BCUT2D eigenvalue weighted by Crippen LogP contribution is -2.54. The minimum atomic E-state index is -0.409. The summed E-state index contributed by atoms with van der Waals surface area (Å²) in [5.41, 5.74) is 0.989. The molecule has 1 amide bonds. The fourth-order valence-corrected chi connectivity index (χ4v) is 3.67. The summed E-state index contributed by atoms with van der Waals surface area (Å²) in [6.07, 6.45) is 4.67. The highest BCUT2D eigenvalue weighted by Gasteiger charge is 2.39. The van der Waals surface area contributed by atoms with Gasteiger partial charge in [-0.3, -0.25) is 0 Å². The molecular formula is C17H23NO3. The van der Waals surface area contributed by atoms with Crippen LogP contribution in [0.25, 0.3) is 0 Å². The summed E-state index contributed by atoms with van der Waals surface area (Å²) >= 11 is 0. The molecule has 0 bridgehead atoms. The number of benzene rings is 1. The smallest absolute Gasteiger partial charge is 0.410 e. The molecule has 21 heavy (non-hydrogen) atoms. The molecule has 114 valence electrons. The second kappa shape index (κ2) is 6.48. The van der Waals surface area contributed by atoms with Crippen LogP contribution in [-0.2, 0) is 11.3 Å². The highest BCUT2D eigenvalue weighted by atomic mass is 16.6. The van der Waals surface area contributed by atoms with Crippen molar-refractivity contribution in [2.45, 2.75) is 50.9 Å². The lowest BCUT2D eigenvalue weighted by molar-refractivity contribution is -0.0201. The van der Waals surface area contributed by atoms with E-state index in [0.29, 0.717) is 19.1 Å². The fraction of sp³-hybridized carbons (Fsp3) is 0.588. The number of hydrogen-bond acceptors (Lipinski definition) is 3. The Hall–Kier alpha value is -1.55. The van der Waals surface area contributed by atoms with Crippen molar-refractivity contribution in [3.05, 3.63) is 35.9 Å². The normalized spacial score (nSPS) is 28.8. The number of aliphatic hydroxyl groups excluding tert-OH is 1. The van der Waals surface area contributed by atoms with E-state index in [4.69, 9.17) is 4.74 Å². The Morgan fingerprint density at radius 3 is 2.81 bits per heavy atom. The molecule has 4 nitrogen and oxygen atoms in total. The van der Waals surface area contributed by atoms with Gasteiger partial charge in [-0.15, -0.1) is 0 Å². The fourth-order valence-electron chi connectivity index (χ4n) is 3.67. The SMILES string of the molecule is O=C(OCc1ccccc1)N1CC(O)CC2CCCCC21. The van der Waals surface area contributed by atoms with Crippen molar-refractivity contribution in [1.82, 2.24) is 4.90 Å². The van der Waals surface area contributed by atoms with Crippen molar-refractivity contribution in [2.75, 3.05) is 6.54 Å². The monoisotopic (exact) mass is 289 g/mol. The van der Waals surface area contributed by atoms with E-state index in [1.165, 1.54) is 12.8 Å². The van der Waals surface area contributed by atoms with Crippen LogP contribution in [0.4, 0.5) is 4.79 Å². The van der Waals surface area contributed by atoms with E-state index in [9.17, 15) is 9.90 Å². The minimum Gasteiger partial charge on any atom is -0.445 e. The van der Waals surface area contributed by atoms with E-state index in [0.717, 1.165) is 24.8 Å². The maximum atomic E-state index is 12.4. The summed E-state index contributed by atoms with van der Waals surface area (Å²) in [6, 6.07) is 9.96. The van der Waals surface area contributed by atoms with Crippen molar-refractivity contribution < 1.29 is 14.6 Å². The van der Waals surface area contributed by atoms with Gasteiger partial charge in [0.15, 0.2) is 0 Å². The van der Waals surface area contributed by atoms with Crippen molar-refractivity contribution >= 4 is 6.09 Å². The standard InChI is InChI=1S/C17H23NO3/c19-15-10-14-8-4-5-9-16(14)18(11-15)17(20)21-12-13-6-2-1-3-7-13/h1-3,6-7,14-16,19H,4-5,8-12H2. The third-order valence-electron chi connectivity index (χ3n) is 4.69. The first-order valence-corrected chi connectivity index (χ1v) is 7.89. The molecule has 1 aliphatic heterocycles. The lowest BCUT2D eigenvalue weighted by atomic mass is 9.78. The average molecular weight is 289 g/mol. The number of β-amino-alcohol motifs (C(OH)–C–C–N with tert-alkyl or cyclic N) is 1. The van der Waals surface area contributed by atoms with Gasteiger partial charge in [0.2, 0.25) is 0 Å². The topological polar surface area (TPSA) is 49.8 Å². The molecule has 1 aliphatic carbocycles. The van der Waals surface area contributed by atoms with E-state index >= 15 is 0 Å². The Morgan fingerprint density at radius 1 is 1.24 bits per heavy atom. The van der Waals surface area contributed by atoms with Crippen LogP contribution < -0.4 is 0 Å². The van der Waals surface area contributed by atoms with Gasteiger partial charge in [0.1, 0.15) is 6.61 Å². The zero-order chi connectivity index (χ0) is 14.7. The van der Waals surface area contributed by atoms with Gasteiger partial charge in [-0.05, 0) is 30.7 Å². The van der Waals surface area contributed by atoms with Crippen molar-refractivity contribution in [1.29, 1.82) is 0 Å². The van der Waals surface area contributed by atoms with E-state index in [-0.39, 0.29) is 12.1 Å². The number of carbonyl (C=O) groups excluding carboxylic acids is 1. The molecule has 1 N–H and O–H groups in total. The summed E-state index contributed by atoms with van der Waals surface area (Å²) in [4.78, 5) is 14.1. The van der Waals surface area contributed by atoms with Crippen LogP contribution in [0, 0.1) is 5.92 Å². The quantitative estimate of drug-likeness (QED) is 0.910. The number of hydrogen-bond donors (Lipinski definition) is 1. The second-order valence-electron chi connectivity index (χ2n) is 6.19. The lowest BCUT2D eigenvalue weighted by Gasteiger charge is -2.45. The molecule has 4 heteroatoms. The summed E-state index contributed by atoms with van der Waals surface area (Å²) in [5, 5.41) is 10.0. The third kappa shape index (κ3) is 3.38. The van der Waals surface area contributed by atoms with Crippen LogP contribution >= 0.6 is 0 Å². The Balaban J connectivity index is 1.62. The zero-order valence-corrected chi connectivity index (χ0v) is 12.3. The van der Waals surface area contributed by atoms with Gasteiger partial charge < -0.3 is 14.7 Å². The van der Waals surface area contributed by atoms with Gasteiger partial charge in [-0.2, -0.15) is 0 Å². The number of piperidine rings is 1. The molecule has 1 saturated carbocycles. The van der Waals surface area contributed by atoms with Crippen LogP contribution in [0.2, 0.25) is 0 Å². The highest BCUT2D eigenvalue weighted by molar-refractivity contribution is 5.68. The van der Waals surface area contributed by atoms with Gasteiger partial charge in [0.05, 0.1) is 12.6 Å². The van der Waals surface area contributed by atoms with Crippen molar-refractivity contribution in [2.24, 2.45) is 5.92 Å². The largest absolute Gasteiger partial charge is 0.445 e. The van der Waals surface area contributed by atoms with E-state index in [1.54, 1.807) is 4.90 Å². The number of fused-ring (bicyclic) bond motifs is 1. The van der Waals surface area contributed by atoms with Crippen molar-refractivity contribution in [3.8, 4) is 0 Å². The molecule has 3 rings (SSSR count).